The van der Waals surface area contributed by atoms with Gasteiger partial charge in [-0.3, -0.25) is 4.79 Å². The molecule has 1 amide bonds. The van der Waals surface area contributed by atoms with E-state index < -0.39 is 11.7 Å². The molecule has 1 aliphatic rings. The molecule has 0 spiro atoms. The third-order valence-corrected chi connectivity index (χ3v) is 5.16. The van der Waals surface area contributed by atoms with Crippen LogP contribution in [0.5, 0.6) is 0 Å². The van der Waals surface area contributed by atoms with Crippen molar-refractivity contribution in [3.8, 4) is 0 Å². The molecule has 7 heteroatoms. The van der Waals surface area contributed by atoms with Crippen LogP contribution in [0.25, 0.3) is 10.9 Å². The summed E-state index contributed by atoms with van der Waals surface area (Å²) in [5.41, 5.74) is 0.903. The Morgan fingerprint density at radius 3 is 2.43 bits per heavy atom. The molecule has 4 nitrogen and oxygen atoms in total. The van der Waals surface area contributed by atoms with Crippen LogP contribution >= 0.6 is 0 Å². The quantitative estimate of drug-likeness (QED) is 0.679. The minimum Gasteiger partial charge on any atom is -0.368 e. The van der Waals surface area contributed by atoms with Crippen LogP contribution in [0, 0.1) is 0 Å². The topological polar surface area (TPSA) is 28.5 Å². The Kier molecular flexibility index (Phi) is 4.75. The Bertz CT molecular complexity index is 988. The number of anilines is 1. The minimum atomic E-state index is -4.35. The fraction of sp³-hybridized carbons (Fsp3) is 0.286. The Labute approximate surface area is 160 Å². The molecule has 0 radical (unpaired) electrons. The monoisotopic (exact) mass is 387 g/mol. The van der Waals surface area contributed by atoms with E-state index in [1.807, 2.05) is 46.0 Å². The van der Waals surface area contributed by atoms with E-state index in [4.69, 9.17) is 0 Å². The average Bonchev–Trinajstić information content (AvgIpc) is 3.10. The third-order valence-electron chi connectivity index (χ3n) is 5.16. The summed E-state index contributed by atoms with van der Waals surface area (Å²) in [6.07, 6.45) is -2.45. The zero-order valence-electron chi connectivity index (χ0n) is 15.2. The van der Waals surface area contributed by atoms with E-state index in [9.17, 15) is 18.0 Å². The lowest BCUT2D eigenvalue weighted by atomic mass is 10.1. The second-order valence-electron chi connectivity index (χ2n) is 6.92. The van der Waals surface area contributed by atoms with Crippen LogP contribution in [0.2, 0.25) is 0 Å². The summed E-state index contributed by atoms with van der Waals surface area (Å²) < 4.78 is 40.7. The van der Waals surface area contributed by atoms with Gasteiger partial charge in [-0.15, -0.1) is 0 Å². The molecule has 0 saturated carbocycles. The van der Waals surface area contributed by atoms with Gasteiger partial charge in [0, 0.05) is 43.6 Å². The first-order valence-corrected chi connectivity index (χ1v) is 9.16. The van der Waals surface area contributed by atoms with Gasteiger partial charge in [0.05, 0.1) is 5.56 Å². The molecule has 1 fully saturated rings. The fourth-order valence-corrected chi connectivity index (χ4v) is 3.62. The third kappa shape index (κ3) is 3.69. The first-order chi connectivity index (χ1) is 13.4. The number of hydrogen-bond acceptors (Lipinski definition) is 2. The summed E-state index contributed by atoms with van der Waals surface area (Å²) in [6, 6.07) is 15.2. The summed E-state index contributed by atoms with van der Waals surface area (Å²) in [6.45, 7) is 2.28. The van der Waals surface area contributed by atoms with Gasteiger partial charge in [0.1, 0.15) is 6.54 Å². The summed E-state index contributed by atoms with van der Waals surface area (Å²) in [5, 5.41) is 1.09. The van der Waals surface area contributed by atoms with Crippen LogP contribution in [0.1, 0.15) is 5.56 Å². The van der Waals surface area contributed by atoms with Crippen LogP contribution in [-0.4, -0.2) is 41.6 Å². The molecule has 1 saturated heterocycles. The predicted molar refractivity (Wildman–Crippen MR) is 102 cm³/mol. The number of rotatable bonds is 3. The number of alkyl halides is 3. The van der Waals surface area contributed by atoms with Gasteiger partial charge in [-0.2, -0.15) is 13.2 Å². The van der Waals surface area contributed by atoms with Gasteiger partial charge in [-0.1, -0.05) is 24.3 Å². The molecule has 28 heavy (non-hydrogen) atoms. The smallest absolute Gasteiger partial charge is 0.368 e. The number of carbonyl (C=O) groups is 1. The molecule has 2 heterocycles. The van der Waals surface area contributed by atoms with Gasteiger partial charge in [0.2, 0.25) is 5.91 Å². The van der Waals surface area contributed by atoms with Crippen LogP contribution in [0.3, 0.4) is 0 Å². The number of amides is 1. The molecule has 2 aromatic carbocycles. The summed E-state index contributed by atoms with van der Waals surface area (Å²) in [5.74, 6) is 0.0186. The molecular formula is C21H20F3N3O. The standard InChI is InChI=1S/C21H20F3N3O/c22-21(23,24)17-5-3-6-18(14-17)25-10-12-26(13-11-25)20(28)15-27-9-8-16-4-1-2-7-19(16)27/h1-9,14H,10-13,15H2. The first kappa shape index (κ1) is 18.4. The van der Waals surface area contributed by atoms with Crippen molar-refractivity contribution in [2.45, 2.75) is 12.7 Å². The van der Waals surface area contributed by atoms with Gasteiger partial charge >= 0.3 is 6.18 Å². The molecule has 146 valence electrons. The van der Waals surface area contributed by atoms with Crippen molar-refractivity contribution < 1.29 is 18.0 Å². The van der Waals surface area contributed by atoms with Crippen molar-refractivity contribution >= 4 is 22.5 Å². The first-order valence-electron chi connectivity index (χ1n) is 9.16. The highest BCUT2D eigenvalue weighted by molar-refractivity contribution is 5.83. The predicted octanol–water partition coefficient (Wildman–Crippen LogP) is 4.01. The van der Waals surface area contributed by atoms with E-state index in [2.05, 4.69) is 0 Å². The number of carbonyl (C=O) groups excluding carboxylic acids is 1. The van der Waals surface area contributed by atoms with E-state index in [-0.39, 0.29) is 12.5 Å². The van der Waals surface area contributed by atoms with Crippen LogP contribution in [0.15, 0.2) is 60.8 Å². The van der Waals surface area contributed by atoms with Crippen molar-refractivity contribution in [1.29, 1.82) is 0 Å². The maximum atomic E-state index is 12.9. The molecule has 1 aliphatic heterocycles. The normalized spacial score (nSPS) is 15.2. The highest BCUT2D eigenvalue weighted by Gasteiger charge is 2.31. The van der Waals surface area contributed by atoms with Gasteiger partial charge in [0.25, 0.3) is 0 Å². The van der Waals surface area contributed by atoms with Gasteiger partial charge in [0.15, 0.2) is 0 Å². The molecule has 0 atom stereocenters. The van der Waals surface area contributed by atoms with Crippen LogP contribution < -0.4 is 4.90 Å². The average molecular weight is 387 g/mol. The Hall–Kier alpha value is -2.96. The molecule has 3 aromatic rings. The van der Waals surface area contributed by atoms with Crippen molar-refractivity contribution in [3.63, 3.8) is 0 Å². The van der Waals surface area contributed by atoms with Crippen molar-refractivity contribution in [3.05, 3.63) is 66.4 Å². The van der Waals surface area contributed by atoms with E-state index >= 15 is 0 Å². The minimum absolute atomic E-state index is 0.0186. The number of hydrogen-bond donors (Lipinski definition) is 0. The van der Waals surface area contributed by atoms with E-state index in [1.165, 1.54) is 12.1 Å². The summed E-state index contributed by atoms with van der Waals surface area (Å²) >= 11 is 0. The SMILES string of the molecule is O=C(Cn1ccc2ccccc21)N1CCN(c2cccc(C(F)(F)F)c2)CC1. The lowest BCUT2D eigenvalue weighted by Gasteiger charge is -2.36. The molecule has 4 rings (SSSR count). The zero-order chi connectivity index (χ0) is 19.7. The van der Waals surface area contributed by atoms with Crippen molar-refractivity contribution in [2.75, 3.05) is 31.1 Å². The summed E-state index contributed by atoms with van der Waals surface area (Å²) in [4.78, 5) is 16.3. The van der Waals surface area contributed by atoms with Crippen LogP contribution in [0.4, 0.5) is 18.9 Å². The molecule has 0 aliphatic carbocycles. The number of piperazine rings is 1. The number of fused-ring (bicyclic) bond motifs is 1. The second-order valence-corrected chi connectivity index (χ2v) is 6.92. The van der Waals surface area contributed by atoms with Gasteiger partial charge in [-0.05, 0) is 35.7 Å². The zero-order valence-corrected chi connectivity index (χ0v) is 15.2. The lowest BCUT2D eigenvalue weighted by Crippen LogP contribution is -2.49. The Morgan fingerprint density at radius 1 is 0.929 bits per heavy atom. The Morgan fingerprint density at radius 2 is 1.68 bits per heavy atom. The number of aromatic nitrogens is 1. The van der Waals surface area contributed by atoms with Gasteiger partial charge in [-0.25, -0.2) is 0 Å². The van der Waals surface area contributed by atoms with Crippen molar-refractivity contribution in [2.24, 2.45) is 0 Å². The molecule has 0 N–H and O–H groups in total. The Balaban J connectivity index is 1.39. The number of halogens is 3. The van der Waals surface area contributed by atoms with E-state index in [0.717, 1.165) is 17.0 Å². The second kappa shape index (κ2) is 7.22. The van der Waals surface area contributed by atoms with E-state index in [1.54, 1.807) is 11.0 Å². The molecule has 0 bridgehead atoms. The largest absolute Gasteiger partial charge is 0.416 e. The number of para-hydroxylation sites is 1. The molecular weight excluding hydrogens is 367 g/mol. The summed E-state index contributed by atoms with van der Waals surface area (Å²) in [7, 11) is 0. The van der Waals surface area contributed by atoms with Gasteiger partial charge < -0.3 is 14.4 Å². The molecule has 0 unspecified atom stereocenters. The number of benzene rings is 2. The lowest BCUT2D eigenvalue weighted by molar-refractivity contribution is -0.137. The maximum absolute atomic E-state index is 12.9. The fourth-order valence-electron chi connectivity index (χ4n) is 3.62. The highest BCUT2D eigenvalue weighted by Crippen LogP contribution is 2.31. The van der Waals surface area contributed by atoms with Crippen LogP contribution in [-0.2, 0) is 17.5 Å². The highest BCUT2D eigenvalue weighted by atomic mass is 19.4. The number of nitrogens with zero attached hydrogens (tertiary/aromatic N) is 3. The van der Waals surface area contributed by atoms with E-state index in [0.29, 0.717) is 31.9 Å². The maximum Gasteiger partial charge on any atom is 0.416 e. The van der Waals surface area contributed by atoms with Crippen molar-refractivity contribution in [1.82, 2.24) is 9.47 Å². The molecule has 1 aromatic heterocycles.